The molecule has 4 aliphatic carbocycles. The average molecular weight is 537 g/mol. The van der Waals surface area contributed by atoms with Gasteiger partial charge in [0, 0.05) is 24.5 Å². The summed E-state index contributed by atoms with van der Waals surface area (Å²) in [5, 5.41) is 14.5. The van der Waals surface area contributed by atoms with Gasteiger partial charge in [0.25, 0.3) is 0 Å². The lowest BCUT2D eigenvalue weighted by Crippen LogP contribution is -2.58. The maximum atomic E-state index is 13.4. The van der Waals surface area contributed by atoms with Crippen molar-refractivity contribution in [2.75, 3.05) is 6.61 Å². The first-order valence-electron chi connectivity index (χ1n) is 14.4. The van der Waals surface area contributed by atoms with Crippen LogP contribution in [0.1, 0.15) is 83.7 Å². The number of rotatable bonds is 8. The monoisotopic (exact) mass is 536 g/mol. The van der Waals surface area contributed by atoms with Gasteiger partial charge in [0.05, 0.1) is 18.7 Å². The van der Waals surface area contributed by atoms with E-state index in [1.165, 1.54) is 5.57 Å². The zero-order valence-corrected chi connectivity index (χ0v) is 23.0. The normalized spacial score (nSPS) is 35.2. The molecule has 1 heterocycles. The molecule has 0 aliphatic heterocycles. The Kier molecular flexibility index (Phi) is 7.53. The largest absolute Gasteiger partial charge is 0.458 e. The van der Waals surface area contributed by atoms with Crippen LogP contribution in [-0.4, -0.2) is 45.7 Å². The Morgan fingerprint density at radius 1 is 1.05 bits per heavy atom. The molecule has 0 saturated heterocycles. The first-order valence-corrected chi connectivity index (χ1v) is 14.4. The van der Waals surface area contributed by atoms with Crippen molar-refractivity contribution in [2.45, 2.75) is 90.2 Å². The third kappa shape index (κ3) is 4.96. The number of hydrogen-bond acceptors (Lipinski definition) is 7. The lowest BCUT2D eigenvalue weighted by atomic mass is 9.46. The van der Waals surface area contributed by atoms with Crippen molar-refractivity contribution < 1.29 is 29.0 Å². The van der Waals surface area contributed by atoms with Gasteiger partial charge in [-0.3, -0.25) is 24.2 Å². The number of nitrogens with one attached hydrogen (secondary N) is 1. The predicted octanol–water partition coefficient (Wildman–Crippen LogP) is 3.85. The van der Waals surface area contributed by atoms with Crippen LogP contribution >= 0.6 is 0 Å². The van der Waals surface area contributed by atoms with E-state index in [4.69, 9.17) is 4.74 Å². The van der Waals surface area contributed by atoms with E-state index in [1.54, 1.807) is 18.3 Å². The first kappa shape index (κ1) is 27.7. The fourth-order valence-electron chi connectivity index (χ4n) is 8.37. The van der Waals surface area contributed by atoms with Crippen LogP contribution in [0.3, 0.4) is 0 Å². The number of amides is 1. The summed E-state index contributed by atoms with van der Waals surface area (Å²) in [5.41, 5.74) is -0.0429. The molecular formula is C31H40N2O6. The molecule has 5 rings (SSSR count). The van der Waals surface area contributed by atoms with E-state index in [1.807, 2.05) is 19.1 Å². The van der Waals surface area contributed by atoms with Crippen LogP contribution < -0.4 is 5.32 Å². The molecule has 1 aromatic heterocycles. The van der Waals surface area contributed by atoms with E-state index in [-0.39, 0.29) is 42.4 Å². The summed E-state index contributed by atoms with van der Waals surface area (Å²) >= 11 is 0. The number of nitrogens with zero attached hydrogens (tertiary/aromatic N) is 1. The van der Waals surface area contributed by atoms with Gasteiger partial charge >= 0.3 is 5.97 Å². The number of carbonyl (C=O) groups is 4. The van der Waals surface area contributed by atoms with Crippen molar-refractivity contribution in [3.8, 4) is 0 Å². The van der Waals surface area contributed by atoms with E-state index in [0.717, 1.165) is 44.2 Å². The van der Waals surface area contributed by atoms with Gasteiger partial charge in [-0.1, -0.05) is 25.5 Å². The summed E-state index contributed by atoms with van der Waals surface area (Å²) < 4.78 is 5.24. The minimum absolute atomic E-state index is 0.0301. The fraction of sp³-hybridized carbons (Fsp3) is 0.645. The van der Waals surface area contributed by atoms with Gasteiger partial charge in [-0.2, -0.15) is 0 Å². The minimum atomic E-state index is -1.53. The maximum Gasteiger partial charge on any atom is 0.306 e. The molecule has 0 spiro atoms. The summed E-state index contributed by atoms with van der Waals surface area (Å²) in [6, 6.07) is 5.42. The molecule has 210 valence electrons. The van der Waals surface area contributed by atoms with E-state index >= 15 is 0 Å². The van der Waals surface area contributed by atoms with E-state index < -0.39 is 29.4 Å². The zero-order chi connectivity index (χ0) is 27.8. The van der Waals surface area contributed by atoms with Crippen LogP contribution in [0.25, 0.3) is 0 Å². The molecule has 1 amide bonds. The number of carbonyl (C=O) groups excluding carboxylic acids is 4. The molecule has 4 aliphatic rings. The highest BCUT2D eigenvalue weighted by atomic mass is 16.5. The lowest BCUT2D eigenvalue weighted by Gasteiger charge is -2.58. The second-order valence-electron chi connectivity index (χ2n) is 12.5. The number of allylic oxidation sites excluding steroid dienone is 1. The van der Waals surface area contributed by atoms with E-state index in [0.29, 0.717) is 24.7 Å². The van der Waals surface area contributed by atoms with E-state index in [2.05, 4.69) is 17.2 Å². The van der Waals surface area contributed by atoms with Crippen molar-refractivity contribution in [3.63, 3.8) is 0 Å². The van der Waals surface area contributed by atoms with Crippen molar-refractivity contribution in [1.29, 1.82) is 0 Å². The molecular weight excluding hydrogens is 496 g/mol. The molecule has 3 fully saturated rings. The van der Waals surface area contributed by atoms with Crippen LogP contribution in [0.15, 0.2) is 36.0 Å². The molecule has 6 atom stereocenters. The summed E-state index contributed by atoms with van der Waals surface area (Å²) in [4.78, 5) is 54.0. The SMILES string of the molecule is C[C@@]12CCC(=O)C=C1CC[C@H]1[C@H]2CC[C@]2(C)[C@@H]1CC[C@@]2(O)C(=O)COC(=O)CCC(=O)NCc1ccccn1. The molecule has 1 aromatic rings. The highest BCUT2D eigenvalue weighted by Crippen LogP contribution is 2.67. The number of pyridine rings is 1. The Balaban J connectivity index is 1.15. The van der Waals surface area contributed by atoms with Crippen molar-refractivity contribution in [2.24, 2.45) is 28.6 Å². The van der Waals surface area contributed by atoms with Gasteiger partial charge in [0.1, 0.15) is 5.60 Å². The number of Topliss-reactive ketones (excluding diaryl/α,β-unsaturated/α-hetero) is 1. The number of fused-ring (bicyclic) bond motifs is 5. The third-order valence-electron chi connectivity index (χ3n) is 10.7. The van der Waals surface area contributed by atoms with Crippen molar-refractivity contribution >= 4 is 23.4 Å². The summed E-state index contributed by atoms with van der Waals surface area (Å²) in [5.74, 6) is -0.0379. The van der Waals surface area contributed by atoms with Gasteiger partial charge in [-0.05, 0) is 86.3 Å². The number of esters is 1. The standard InChI is InChI=1S/C31H40N2O6/c1-29-13-10-22(34)17-20(29)6-7-23-24(29)11-14-30(2)25(23)12-15-31(30,38)26(35)19-39-28(37)9-8-27(36)33-18-21-5-3-4-16-32-21/h3-5,16-17,23-25,38H,6-15,18-19H2,1-2H3,(H,33,36)/t23-,24+,25+,29+,30+,31+/m0/s1. The lowest BCUT2D eigenvalue weighted by molar-refractivity contribution is -0.170. The Hall–Kier alpha value is -2.87. The second-order valence-corrected chi connectivity index (χ2v) is 12.5. The smallest absolute Gasteiger partial charge is 0.306 e. The summed E-state index contributed by atoms with van der Waals surface area (Å²) in [6.45, 7) is 4.16. The van der Waals surface area contributed by atoms with Gasteiger partial charge in [-0.25, -0.2) is 0 Å². The topological polar surface area (TPSA) is 123 Å². The Morgan fingerprint density at radius 3 is 2.62 bits per heavy atom. The molecule has 0 aromatic carbocycles. The van der Waals surface area contributed by atoms with Crippen LogP contribution in [0.2, 0.25) is 0 Å². The first-order chi connectivity index (χ1) is 18.6. The predicted molar refractivity (Wildman–Crippen MR) is 143 cm³/mol. The second kappa shape index (κ2) is 10.6. The number of ketones is 2. The van der Waals surface area contributed by atoms with Gasteiger partial charge < -0.3 is 15.2 Å². The zero-order valence-electron chi connectivity index (χ0n) is 23.0. The van der Waals surface area contributed by atoms with Crippen LogP contribution in [0.5, 0.6) is 0 Å². The number of aliphatic hydroxyl groups is 1. The van der Waals surface area contributed by atoms with Crippen LogP contribution in [-0.2, 0) is 30.5 Å². The molecule has 8 heteroatoms. The maximum absolute atomic E-state index is 13.4. The Morgan fingerprint density at radius 2 is 1.85 bits per heavy atom. The summed E-state index contributed by atoms with van der Waals surface area (Å²) in [6.07, 6.45) is 9.55. The Bertz CT molecular complexity index is 1180. The minimum Gasteiger partial charge on any atom is -0.458 e. The van der Waals surface area contributed by atoms with Crippen molar-refractivity contribution in [1.82, 2.24) is 10.3 Å². The van der Waals surface area contributed by atoms with Crippen molar-refractivity contribution in [3.05, 3.63) is 41.7 Å². The molecule has 0 radical (unpaired) electrons. The highest BCUT2D eigenvalue weighted by molar-refractivity contribution is 5.92. The fourth-order valence-corrected chi connectivity index (χ4v) is 8.37. The molecule has 0 unspecified atom stereocenters. The number of ether oxygens (including phenoxy) is 1. The number of hydrogen-bond donors (Lipinski definition) is 2. The van der Waals surface area contributed by atoms with Crippen LogP contribution in [0, 0.1) is 28.6 Å². The number of aromatic nitrogens is 1. The third-order valence-corrected chi connectivity index (χ3v) is 10.7. The average Bonchev–Trinajstić information content (AvgIpc) is 3.21. The van der Waals surface area contributed by atoms with Crippen LogP contribution in [0.4, 0.5) is 0 Å². The van der Waals surface area contributed by atoms with E-state index in [9.17, 15) is 24.3 Å². The van der Waals surface area contributed by atoms with Gasteiger partial charge in [0.2, 0.25) is 11.7 Å². The molecule has 3 saturated carbocycles. The highest BCUT2D eigenvalue weighted by Gasteiger charge is 2.66. The molecule has 39 heavy (non-hydrogen) atoms. The summed E-state index contributed by atoms with van der Waals surface area (Å²) in [7, 11) is 0. The van der Waals surface area contributed by atoms with Gasteiger partial charge in [0.15, 0.2) is 12.4 Å². The molecule has 8 nitrogen and oxygen atoms in total. The van der Waals surface area contributed by atoms with Gasteiger partial charge in [-0.15, -0.1) is 0 Å². The Labute approximate surface area is 230 Å². The molecule has 0 bridgehead atoms. The molecule has 2 N–H and O–H groups in total. The quantitative estimate of drug-likeness (QED) is 0.484.